The van der Waals surface area contributed by atoms with Gasteiger partial charge in [0.05, 0.1) is 6.04 Å². The summed E-state index contributed by atoms with van der Waals surface area (Å²) in [6.45, 7) is 4.81. The Labute approximate surface area is 140 Å². The Morgan fingerprint density at radius 3 is 2.91 bits per heavy atom. The first-order valence-electron chi connectivity index (χ1n) is 7.78. The van der Waals surface area contributed by atoms with E-state index in [1.807, 2.05) is 31.5 Å². The van der Waals surface area contributed by atoms with Crippen LogP contribution in [0.1, 0.15) is 30.1 Å². The fourth-order valence-corrected chi connectivity index (χ4v) is 3.59. The summed E-state index contributed by atoms with van der Waals surface area (Å²) in [6.07, 6.45) is 2.27. The predicted molar refractivity (Wildman–Crippen MR) is 94.6 cm³/mol. The van der Waals surface area contributed by atoms with Crippen molar-refractivity contribution in [3.05, 3.63) is 52.6 Å². The monoisotopic (exact) mass is 327 g/mol. The third-order valence-electron chi connectivity index (χ3n) is 4.35. The molecule has 0 bridgehead atoms. The van der Waals surface area contributed by atoms with E-state index < -0.39 is 0 Å². The molecule has 0 N–H and O–H groups in total. The molecule has 0 aliphatic carbocycles. The van der Waals surface area contributed by atoms with Crippen molar-refractivity contribution < 1.29 is 4.79 Å². The number of carbonyl (C=O) groups is 1. The Hall–Kier alpha value is -2.14. The number of thiazole rings is 1. The van der Waals surface area contributed by atoms with Crippen molar-refractivity contribution in [2.24, 2.45) is 0 Å². The van der Waals surface area contributed by atoms with Crippen LogP contribution in [0.25, 0.3) is 10.9 Å². The second kappa shape index (κ2) is 6.54. The van der Waals surface area contributed by atoms with E-state index in [0.717, 1.165) is 5.01 Å². The maximum absolute atomic E-state index is 12.5. The van der Waals surface area contributed by atoms with Crippen molar-refractivity contribution in [1.82, 2.24) is 14.5 Å². The van der Waals surface area contributed by atoms with E-state index in [9.17, 15) is 4.79 Å². The lowest BCUT2D eigenvalue weighted by Crippen LogP contribution is -2.30. The third-order valence-corrected chi connectivity index (χ3v) is 5.30. The summed E-state index contributed by atoms with van der Waals surface area (Å²) in [5.41, 5.74) is 2.38. The van der Waals surface area contributed by atoms with Crippen molar-refractivity contribution in [2.75, 3.05) is 7.05 Å². The zero-order chi connectivity index (χ0) is 16.4. The summed E-state index contributed by atoms with van der Waals surface area (Å²) >= 11 is 1.59. The average Bonchev–Trinajstić information content (AvgIpc) is 3.18. The maximum Gasteiger partial charge on any atom is 0.224 e. The lowest BCUT2D eigenvalue weighted by Gasteiger charge is -2.23. The first-order chi connectivity index (χ1) is 11.1. The van der Waals surface area contributed by atoms with Gasteiger partial charge in [0.1, 0.15) is 5.01 Å². The van der Waals surface area contributed by atoms with Crippen LogP contribution < -0.4 is 0 Å². The molecule has 0 spiro atoms. The largest absolute Gasteiger partial charge is 0.344 e. The quantitative estimate of drug-likeness (QED) is 0.710. The van der Waals surface area contributed by atoms with Gasteiger partial charge in [0.15, 0.2) is 0 Å². The zero-order valence-electron chi connectivity index (χ0n) is 13.7. The van der Waals surface area contributed by atoms with Crippen molar-refractivity contribution in [2.45, 2.75) is 32.9 Å². The molecule has 1 amide bonds. The van der Waals surface area contributed by atoms with Crippen LogP contribution in [0.3, 0.4) is 0 Å². The highest BCUT2D eigenvalue weighted by Crippen LogP contribution is 2.23. The fraction of sp³-hybridized carbons (Fsp3) is 0.333. The predicted octanol–water partition coefficient (Wildman–Crippen LogP) is 4.02. The maximum atomic E-state index is 12.5. The van der Waals surface area contributed by atoms with Crippen LogP contribution in [0, 0.1) is 6.92 Å². The summed E-state index contributed by atoms with van der Waals surface area (Å²) < 4.78 is 2.22. The first-order valence-corrected chi connectivity index (χ1v) is 8.66. The number of fused-ring (bicyclic) bond motifs is 1. The third kappa shape index (κ3) is 3.15. The van der Waals surface area contributed by atoms with E-state index in [4.69, 9.17) is 0 Å². The Kier molecular flexibility index (Phi) is 4.48. The molecule has 0 unspecified atom stereocenters. The minimum atomic E-state index is 0.0185. The SMILES string of the molecule is Cc1cc2ccccc2n1CCC(=O)N(C)[C@H](C)c1nccs1. The number of hydrogen-bond donors (Lipinski definition) is 0. The van der Waals surface area contributed by atoms with Crippen LogP contribution in [0.15, 0.2) is 41.9 Å². The second-order valence-corrected chi connectivity index (χ2v) is 6.72. The highest BCUT2D eigenvalue weighted by molar-refractivity contribution is 7.09. The van der Waals surface area contributed by atoms with Crippen molar-refractivity contribution in [1.29, 1.82) is 0 Å². The highest BCUT2D eigenvalue weighted by Gasteiger charge is 2.19. The molecule has 0 fully saturated rings. The van der Waals surface area contributed by atoms with Gasteiger partial charge in [0, 0.05) is 42.8 Å². The molecule has 0 radical (unpaired) electrons. The number of para-hydroxylation sites is 1. The average molecular weight is 327 g/mol. The number of nitrogens with zero attached hydrogens (tertiary/aromatic N) is 3. The molecule has 2 aromatic heterocycles. The molecule has 0 aliphatic rings. The van der Waals surface area contributed by atoms with Gasteiger partial charge in [0.2, 0.25) is 5.91 Å². The summed E-state index contributed by atoms with van der Waals surface area (Å²) in [5, 5.41) is 4.14. The van der Waals surface area contributed by atoms with Gasteiger partial charge in [-0.05, 0) is 31.4 Å². The number of benzene rings is 1. The molecule has 0 saturated heterocycles. The smallest absolute Gasteiger partial charge is 0.224 e. The number of aromatic nitrogens is 2. The van der Waals surface area contributed by atoms with Crippen LogP contribution in [0.5, 0.6) is 0 Å². The van der Waals surface area contributed by atoms with Crippen LogP contribution in [0.4, 0.5) is 0 Å². The van der Waals surface area contributed by atoms with E-state index in [-0.39, 0.29) is 11.9 Å². The van der Waals surface area contributed by atoms with Crippen LogP contribution in [-0.4, -0.2) is 27.4 Å². The standard InChI is InChI=1S/C18H21N3OS/c1-13-12-15-6-4-5-7-16(15)21(13)10-8-17(22)20(3)14(2)18-19-9-11-23-18/h4-7,9,11-12,14H,8,10H2,1-3H3/t14-/m1/s1. The van der Waals surface area contributed by atoms with Gasteiger partial charge in [-0.15, -0.1) is 11.3 Å². The minimum absolute atomic E-state index is 0.0185. The van der Waals surface area contributed by atoms with Crippen LogP contribution in [-0.2, 0) is 11.3 Å². The molecular formula is C18H21N3OS. The molecular weight excluding hydrogens is 306 g/mol. The fourth-order valence-electron chi connectivity index (χ4n) is 2.85. The molecule has 2 heterocycles. The molecule has 120 valence electrons. The molecule has 5 heteroatoms. The van der Waals surface area contributed by atoms with Crippen LogP contribution in [0.2, 0.25) is 0 Å². The van der Waals surface area contributed by atoms with Gasteiger partial charge in [-0.3, -0.25) is 4.79 Å². The Morgan fingerprint density at radius 2 is 2.17 bits per heavy atom. The molecule has 1 atom stereocenters. The summed E-state index contributed by atoms with van der Waals surface area (Å²) in [7, 11) is 1.86. The highest BCUT2D eigenvalue weighted by atomic mass is 32.1. The molecule has 0 saturated carbocycles. The Bertz CT molecular complexity index is 807. The second-order valence-electron chi connectivity index (χ2n) is 5.80. The van der Waals surface area contributed by atoms with Gasteiger partial charge in [-0.2, -0.15) is 0 Å². The number of hydrogen-bond acceptors (Lipinski definition) is 3. The van der Waals surface area contributed by atoms with Gasteiger partial charge in [-0.1, -0.05) is 18.2 Å². The Morgan fingerprint density at radius 1 is 1.39 bits per heavy atom. The van der Waals surface area contributed by atoms with Crippen LogP contribution >= 0.6 is 11.3 Å². The molecule has 3 rings (SSSR count). The van der Waals surface area contributed by atoms with E-state index in [1.54, 1.807) is 22.4 Å². The first kappa shape index (κ1) is 15.7. The van der Waals surface area contributed by atoms with Gasteiger partial charge < -0.3 is 9.47 Å². The summed E-state index contributed by atoms with van der Waals surface area (Å²) in [4.78, 5) is 18.6. The van der Waals surface area contributed by atoms with Crippen molar-refractivity contribution in [3.8, 4) is 0 Å². The number of aryl methyl sites for hydroxylation is 2. The molecule has 3 aromatic rings. The van der Waals surface area contributed by atoms with Gasteiger partial charge in [-0.25, -0.2) is 4.98 Å². The van der Waals surface area contributed by atoms with Gasteiger partial charge in [0.25, 0.3) is 0 Å². The Balaban J connectivity index is 1.69. The van der Waals surface area contributed by atoms with E-state index in [0.29, 0.717) is 13.0 Å². The van der Waals surface area contributed by atoms with Crippen molar-refractivity contribution >= 4 is 28.1 Å². The lowest BCUT2D eigenvalue weighted by atomic mass is 10.2. The number of rotatable bonds is 5. The topological polar surface area (TPSA) is 38.1 Å². The summed E-state index contributed by atoms with van der Waals surface area (Å²) in [6, 6.07) is 10.5. The minimum Gasteiger partial charge on any atom is -0.344 e. The lowest BCUT2D eigenvalue weighted by molar-refractivity contribution is -0.132. The number of amides is 1. The van der Waals surface area contributed by atoms with Gasteiger partial charge >= 0.3 is 0 Å². The summed E-state index contributed by atoms with van der Waals surface area (Å²) in [5.74, 6) is 0.143. The zero-order valence-corrected chi connectivity index (χ0v) is 14.5. The van der Waals surface area contributed by atoms with E-state index in [2.05, 4.69) is 34.7 Å². The van der Waals surface area contributed by atoms with E-state index >= 15 is 0 Å². The molecule has 0 aliphatic heterocycles. The van der Waals surface area contributed by atoms with Crippen molar-refractivity contribution in [3.63, 3.8) is 0 Å². The molecule has 4 nitrogen and oxygen atoms in total. The number of carbonyl (C=O) groups excluding carboxylic acids is 1. The molecule has 23 heavy (non-hydrogen) atoms. The molecule has 1 aromatic carbocycles. The van der Waals surface area contributed by atoms with E-state index in [1.165, 1.54) is 16.6 Å². The normalized spacial score (nSPS) is 12.5.